The van der Waals surface area contributed by atoms with Gasteiger partial charge in [0.05, 0.1) is 9.83 Å². The van der Waals surface area contributed by atoms with Gasteiger partial charge in [0.25, 0.3) is 10.0 Å². The molecular weight excluding hydrogens is 316 g/mol. The number of sulfonamides is 1. The number of halogens is 1. The van der Waals surface area contributed by atoms with Crippen molar-refractivity contribution in [2.24, 2.45) is 5.73 Å². The predicted octanol–water partition coefficient (Wildman–Crippen LogP) is 0.971. The smallest absolute Gasteiger partial charge is 0.250 e. The molecule has 0 radical (unpaired) electrons. The molecule has 0 aliphatic heterocycles. The molecule has 0 fully saturated rings. The number of rotatable bonds is 4. The molecule has 0 saturated heterocycles. The number of hydrogen-bond acceptors (Lipinski definition) is 4. The lowest BCUT2D eigenvalue weighted by molar-refractivity contribution is -0.119. The molecule has 0 bridgehead atoms. The Balaban J connectivity index is 2.99. The molecule has 1 amide bonds. The van der Waals surface area contributed by atoms with Crippen LogP contribution in [0.5, 0.6) is 0 Å². The zero-order chi connectivity index (χ0) is 12.5. The van der Waals surface area contributed by atoms with Gasteiger partial charge in [-0.2, -0.15) is 4.72 Å². The maximum absolute atomic E-state index is 11.8. The molecule has 0 saturated carbocycles. The molecule has 1 rings (SSSR count). The van der Waals surface area contributed by atoms with Crippen molar-refractivity contribution in [3.63, 3.8) is 0 Å². The molecule has 1 unspecified atom stereocenters. The van der Waals surface area contributed by atoms with Crippen molar-refractivity contribution < 1.29 is 13.2 Å². The first-order chi connectivity index (χ1) is 7.24. The number of nitrogens with one attached hydrogen (secondary N) is 1. The lowest BCUT2D eigenvalue weighted by Gasteiger charge is -2.08. The van der Waals surface area contributed by atoms with E-state index >= 15 is 0 Å². The summed E-state index contributed by atoms with van der Waals surface area (Å²) in [4.78, 5) is 10.8. The lowest BCUT2D eigenvalue weighted by atomic mass is 10.4. The van der Waals surface area contributed by atoms with E-state index in [2.05, 4.69) is 20.7 Å². The van der Waals surface area contributed by atoms with Gasteiger partial charge in [-0.3, -0.25) is 4.79 Å². The summed E-state index contributed by atoms with van der Waals surface area (Å²) < 4.78 is 26.7. The third-order valence-electron chi connectivity index (χ3n) is 1.86. The van der Waals surface area contributed by atoms with Crippen LogP contribution in [0.1, 0.15) is 12.5 Å². The number of aryl methyl sites for hydroxylation is 1. The number of carbonyl (C=O) groups excluding carboxylic acids is 1. The van der Waals surface area contributed by atoms with Gasteiger partial charge in [0.15, 0.2) is 0 Å². The molecule has 0 spiro atoms. The first kappa shape index (κ1) is 13.6. The van der Waals surface area contributed by atoms with E-state index in [-0.39, 0.29) is 4.21 Å². The largest absolute Gasteiger partial charge is 0.368 e. The first-order valence-electron chi connectivity index (χ1n) is 4.31. The SMILES string of the molecule is Cc1cc(S(=O)(=O)NC(C)C(N)=O)sc1Br. The third kappa shape index (κ3) is 3.03. The average Bonchev–Trinajstić information content (AvgIpc) is 2.47. The molecule has 8 heteroatoms. The van der Waals surface area contributed by atoms with Crippen LogP contribution in [-0.4, -0.2) is 20.4 Å². The van der Waals surface area contributed by atoms with Gasteiger partial charge in [0.2, 0.25) is 5.91 Å². The Kier molecular flexibility index (Phi) is 4.11. The second kappa shape index (κ2) is 4.82. The number of thiophene rings is 1. The van der Waals surface area contributed by atoms with Crippen LogP contribution in [0.2, 0.25) is 0 Å². The zero-order valence-corrected chi connectivity index (χ0v) is 11.9. The topological polar surface area (TPSA) is 89.3 Å². The minimum absolute atomic E-state index is 0.157. The highest BCUT2D eigenvalue weighted by molar-refractivity contribution is 9.11. The number of amides is 1. The van der Waals surface area contributed by atoms with E-state index < -0.39 is 22.0 Å². The van der Waals surface area contributed by atoms with Gasteiger partial charge < -0.3 is 5.73 Å². The normalized spacial score (nSPS) is 13.7. The summed E-state index contributed by atoms with van der Waals surface area (Å²) in [5.74, 6) is -0.712. The lowest BCUT2D eigenvalue weighted by Crippen LogP contribution is -2.41. The Morgan fingerprint density at radius 2 is 2.19 bits per heavy atom. The summed E-state index contributed by atoms with van der Waals surface area (Å²) in [6.45, 7) is 3.19. The van der Waals surface area contributed by atoms with Gasteiger partial charge in [0, 0.05) is 0 Å². The van der Waals surface area contributed by atoms with Crippen molar-refractivity contribution in [1.29, 1.82) is 0 Å². The van der Waals surface area contributed by atoms with Crippen molar-refractivity contribution in [1.82, 2.24) is 4.72 Å². The van der Waals surface area contributed by atoms with E-state index in [9.17, 15) is 13.2 Å². The van der Waals surface area contributed by atoms with E-state index in [0.717, 1.165) is 20.7 Å². The summed E-state index contributed by atoms with van der Waals surface area (Å²) in [6.07, 6.45) is 0. The molecule has 0 aliphatic rings. The maximum atomic E-state index is 11.8. The van der Waals surface area contributed by atoms with Crippen LogP contribution in [0, 0.1) is 6.92 Å². The Hall–Kier alpha value is -0.440. The molecular formula is C8H11BrN2O3S2. The molecule has 16 heavy (non-hydrogen) atoms. The van der Waals surface area contributed by atoms with Crippen LogP contribution in [-0.2, 0) is 14.8 Å². The first-order valence-corrected chi connectivity index (χ1v) is 7.41. The van der Waals surface area contributed by atoms with Crippen LogP contribution in [0.4, 0.5) is 0 Å². The summed E-state index contributed by atoms with van der Waals surface area (Å²) >= 11 is 4.33. The minimum atomic E-state index is -3.67. The molecule has 1 atom stereocenters. The van der Waals surface area contributed by atoms with Crippen molar-refractivity contribution in [3.05, 3.63) is 15.4 Å². The van der Waals surface area contributed by atoms with Crippen LogP contribution in [0.15, 0.2) is 14.1 Å². The van der Waals surface area contributed by atoms with Crippen molar-refractivity contribution in [2.45, 2.75) is 24.1 Å². The van der Waals surface area contributed by atoms with Gasteiger partial charge in [-0.15, -0.1) is 11.3 Å². The molecule has 1 aromatic heterocycles. The molecule has 0 aromatic carbocycles. The second-order valence-electron chi connectivity index (χ2n) is 3.27. The highest BCUT2D eigenvalue weighted by Gasteiger charge is 2.22. The number of hydrogen-bond donors (Lipinski definition) is 2. The fourth-order valence-corrected chi connectivity index (χ4v) is 4.37. The Bertz CT molecular complexity index is 490. The van der Waals surface area contributed by atoms with Crippen molar-refractivity contribution >= 4 is 43.2 Å². The summed E-state index contributed by atoms with van der Waals surface area (Å²) in [7, 11) is -3.67. The highest BCUT2D eigenvalue weighted by Crippen LogP contribution is 2.30. The summed E-state index contributed by atoms with van der Waals surface area (Å²) in [5, 5.41) is 0. The standard InChI is InChI=1S/C8H11BrN2O3S2/c1-4-3-6(15-7(4)9)16(13,14)11-5(2)8(10)12/h3,5,11H,1-2H3,(H2,10,12). The Labute approximate surface area is 106 Å². The fraction of sp³-hybridized carbons (Fsp3) is 0.375. The number of carbonyl (C=O) groups is 1. The van der Waals surface area contributed by atoms with Gasteiger partial charge in [-0.1, -0.05) is 0 Å². The Morgan fingerprint density at radius 1 is 1.62 bits per heavy atom. The molecule has 1 aromatic rings. The van der Waals surface area contributed by atoms with E-state index in [4.69, 9.17) is 5.73 Å². The van der Waals surface area contributed by atoms with Crippen molar-refractivity contribution in [2.75, 3.05) is 0 Å². The van der Waals surface area contributed by atoms with Crippen molar-refractivity contribution in [3.8, 4) is 0 Å². The molecule has 1 heterocycles. The van der Waals surface area contributed by atoms with E-state index in [1.165, 1.54) is 13.0 Å². The van der Waals surface area contributed by atoms with Crippen LogP contribution in [0.3, 0.4) is 0 Å². The number of nitrogens with two attached hydrogens (primary N) is 1. The van der Waals surface area contributed by atoms with E-state index in [1.54, 1.807) is 6.92 Å². The van der Waals surface area contributed by atoms with Gasteiger partial charge >= 0.3 is 0 Å². The monoisotopic (exact) mass is 326 g/mol. The molecule has 3 N–H and O–H groups in total. The quantitative estimate of drug-likeness (QED) is 0.863. The second-order valence-corrected chi connectivity index (χ2v) is 7.58. The van der Waals surface area contributed by atoms with Crippen LogP contribution < -0.4 is 10.5 Å². The Morgan fingerprint density at radius 3 is 2.56 bits per heavy atom. The van der Waals surface area contributed by atoms with Crippen LogP contribution >= 0.6 is 27.3 Å². The van der Waals surface area contributed by atoms with Crippen LogP contribution in [0.25, 0.3) is 0 Å². The average molecular weight is 327 g/mol. The highest BCUT2D eigenvalue weighted by atomic mass is 79.9. The summed E-state index contributed by atoms with van der Waals surface area (Å²) in [5.41, 5.74) is 5.82. The van der Waals surface area contributed by atoms with E-state index in [0.29, 0.717) is 0 Å². The molecule has 5 nitrogen and oxygen atoms in total. The minimum Gasteiger partial charge on any atom is -0.368 e. The predicted molar refractivity (Wildman–Crippen MR) is 65.7 cm³/mol. The van der Waals surface area contributed by atoms with Gasteiger partial charge in [-0.05, 0) is 41.4 Å². The number of primary amides is 1. The molecule has 0 aliphatic carbocycles. The van der Waals surface area contributed by atoms with E-state index in [1.807, 2.05) is 0 Å². The van der Waals surface area contributed by atoms with Gasteiger partial charge in [-0.25, -0.2) is 8.42 Å². The third-order valence-corrected chi connectivity index (χ3v) is 6.01. The van der Waals surface area contributed by atoms with Gasteiger partial charge in [0.1, 0.15) is 4.21 Å². The zero-order valence-electron chi connectivity index (χ0n) is 8.65. The summed E-state index contributed by atoms with van der Waals surface area (Å²) in [6, 6.07) is 0.608. The maximum Gasteiger partial charge on any atom is 0.250 e. The molecule has 90 valence electrons. The fourth-order valence-electron chi connectivity index (χ4n) is 0.913.